The van der Waals surface area contributed by atoms with Crippen molar-refractivity contribution >= 4 is 17.9 Å². The Bertz CT molecular complexity index is 455. The zero-order valence-electron chi connectivity index (χ0n) is 12.6. The summed E-state index contributed by atoms with van der Waals surface area (Å²) < 4.78 is 5.74. The summed E-state index contributed by atoms with van der Waals surface area (Å²) in [7, 11) is 0. The molecule has 4 heteroatoms. The fourth-order valence-electron chi connectivity index (χ4n) is 2.33. The Morgan fingerprint density at radius 2 is 1.90 bits per heavy atom. The van der Waals surface area contributed by atoms with Crippen LogP contribution in [0, 0.1) is 0 Å². The van der Waals surface area contributed by atoms with Crippen LogP contribution in [0.5, 0.6) is 0 Å². The van der Waals surface area contributed by atoms with Gasteiger partial charge < -0.3 is 4.74 Å². The van der Waals surface area contributed by atoms with E-state index in [1.165, 1.54) is 0 Å². The van der Waals surface area contributed by atoms with Crippen LogP contribution in [0.15, 0.2) is 30.3 Å². The lowest BCUT2D eigenvalue weighted by Gasteiger charge is -2.26. The summed E-state index contributed by atoms with van der Waals surface area (Å²) in [6.07, 6.45) is 0.562. The number of nitrogens with zero attached hydrogens (tertiary/aromatic N) is 1. The molecule has 1 heterocycles. The van der Waals surface area contributed by atoms with Gasteiger partial charge >= 0.3 is 6.09 Å². The number of ether oxygens (including phenoxy) is 1. The number of thioether (sulfide) groups is 1. The van der Waals surface area contributed by atoms with Crippen molar-refractivity contribution in [2.75, 3.05) is 5.88 Å². The van der Waals surface area contributed by atoms with Gasteiger partial charge in [0.15, 0.2) is 0 Å². The van der Waals surface area contributed by atoms with Gasteiger partial charge in [0.2, 0.25) is 0 Å². The van der Waals surface area contributed by atoms with Crippen molar-refractivity contribution in [3.63, 3.8) is 0 Å². The monoisotopic (exact) mass is 293 g/mol. The summed E-state index contributed by atoms with van der Waals surface area (Å²) in [5.74, 6) is 0.685. The standard InChI is InChI=1S/C16H23NO2S/c1-5-13-14(12-9-7-6-8-10-12)19-15(18)17(13)11-20-16(2,3)4/h6-10,13-14H,5,11H2,1-4H3/t13-,14+/m0/s1. The van der Waals surface area contributed by atoms with Crippen molar-refractivity contribution in [1.29, 1.82) is 0 Å². The summed E-state index contributed by atoms with van der Waals surface area (Å²) in [5, 5.41) is 0. The van der Waals surface area contributed by atoms with Gasteiger partial charge in [0, 0.05) is 4.75 Å². The molecule has 20 heavy (non-hydrogen) atoms. The summed E-state index contributed by atoms with van der Waals surface area (Å²) in [5.41, 5.74) is 1.08. The van der Waals surface area contributed by atoms with E-state index >= 15 is 0 Å². The molecular formula is C16H23NO2S. The van der Waals surface area contributed by atoms with E-state index in [2.05, 4.69) is 27.7 Å². The smallest absolute Gasteiger partial charge is 0.411 e. The Morgan fingerprint density at radius 3 is 2.45 bits per heavy atom. The Labute approximate surface area is 125 Å². The van der Waals surface area contributed by atoms with Crippen molar-refractivity contribution < 1.29 is 9.53 Å². The fourth-order valence-corrected chi connectivity index (χ4v) is 3.16. The third kappa shape index (κ3) is 3.48. The SMILES string of the molecule is CC[C@H]1[C@@H](c2ccccc2)OC(=O)N1CSC(C)(C)C. The van der Waals surface area contributed by atoms with E-state index in [0.717, 1.165) is 12.0 Å². The molecule has 1 aromatic rings. The van der Waals surface area contributed by atoms with Gasteiger partial charge in [0.1, 0.15) is 6.10 Å². The van der Waals surface area contributed by atoms with Crippen LogP contribution in [0.2, 0.25) is 0 Å². The summed E-state index contributed by atoms with van der Waals surface area (Å²) in [6, 6.07) is 10.1. The van der Waals surface area contributed by atoms with E-state index in [0.29, 0.717) is 5.88 Å². The lowest BCUT2D eigenvalue weighted by atomic mass is 10.0. The Balaban J connectivity index is 2.13. The topological polar surface area (TPSA) is 29.5 Å². The highest BCUT2D eigenvalue weighted by atomic mass is 32.2. The molecule has 0 unspecified atom stereocenters. The Morgan fingerprint density at radius 1 is 1.25 bits per heavy atom. The van der Waals surface area contributed by atoms with E-state index in [1.807, 2.05) is 35.2 Å². The van der Waals surface area contributed by atoms with Crippen LogP contribution < -0.4 is 0 Å². The third-order valence-electron chi connectivity index (χ3n) is 3.40. The quantitative estimate of drug-likeness (QED) is 0.821. The van der Waals surface area contributed by atoms with E-state index in [1.54, 1.807) is 11.8 Å². The van der Waals surface area contributed by atoms with Gasteiger partial charge in [-0.25, -0.2) is 4.79 Å². The number of benzene rings is 1. The highest BCUT2D eigenvalue weighted by Gasteiger charge is 2.41. The van der Waals surface area contributed by atoms with Gasteiger partial charge in [-0.15, -0.1) is 11.8 Å². The minimum absolute atomic E-state index is 0.125. The maximum atomic E-state index is 12.1. The van der Waals surface area contributed by atoms with E-state index in [9.17, 15) is 4.79 Å². The summed E-state index contributed by atoms with van der Waals surface area (Å²) in [4.78, 5) is 14.0. The molecule has 1 fully saturated rings. The molecule has 1 saturated heterocycles. The average molecular weight is 293 g/mol. The molecule has 1 aromatic carbocycles. The van der Waals surface area contributed by atoms with Crippen LogP contribution in [0.4, 0.5) is 4.79 Å². The predicted octanol–water partition coefficient (Wildman–Crippen LogP) is 4.45. The molecule has 3 nitrogen and oxygen atoms in total. The molecule has 110 valence electrons. The molecule has 0 saturated carbocycles. The largest absolute Gasteiger partial charge is 0.439 e. The number of carbonyl (C=O) groups is 1. The van der Waals surface area contributed by atoms with Crippen molar-refractivity contribution in [2.45, 2.75) is 51.0 Å². The maximum Gasteiger partial charge on any atom is 0.411 e. The van der Waals surface area contributed by atoms with Crippen LogP contribution in [0.3, 0.4) is 0 Å². The van der Waals surface area contributed by atoms with Gasteiger partial charge in [-0.1, -0.05) is 58.0 Å². The molecule has 0 bridgehead atoms. The zero-order chi connectivity index (χ0) is 14.8. The van der Waals surface area contributed by atoms with Gasteiger partial charge in [0.05, 0.1) is 11.9 Å². The molecule has 0 spiro atoms. The third-order valence-corrected chi connectivity index (χ3v) is 4.67. The summed E-state index contributed by atoms with van der Waals surface area (Å²) >= 11 is 1.78. The van der Waals surface area contributed by atoms with E-state index < -0.39 is 0 Å². The van der Waals surface area contributed by atoms with Crippen molar-refractivity contribution in [2.24, 2.45) is 0 Å². The van der Waals surface area contributed by atoms with Gasteiger partial charge in [-0.2, -0.15) is 0 Å². The second kappa shape index (κ2) is 6.08. The van der Waals surface area contributed by atoms with Crippen molar-refractivity contribution in [3.05, 3.63) is 35.9 Å². The van der Waals surface area contributed by atoms with E-state index in [4.69, 9.17) is 4.74 Å². The predicted molar refractivity (Wildman–Crippen MR) is 83.8 cm³/mol. The molecule has 0 aromatic heterocycles. The first-order valence-corrected chi connectivity index (χ1v) is 8.07. The van der Waals surface area contributed by atoms with Crippen LogP contribution >= 0.6 is 11.8 Å². The fraction of sp³-hybridized carbons (Fsp3) is 0.562. The van der Waals surface area contributed by atoms with Crippen LogP contribution in [0.25, 0.3) is 0 Å². The first-order valence-electron chi connectivity index (χ1n) is 7.08. The Kier molecular flexibility index (Phi) is 4.63. The maximum absolute atomic E-state index is 12.1. The van der Waals surface area contributed by atoms with Crippen LogP contribution in [-0.2, 0) is 4.74 Å². The van der Waals surface area contributed by atoms with Gasteiger partial charge in [-0.3, -0.25) is 4.90 Å². The Hall–Kier alpha value is -1.16. The van der Waals surface area contributed by atoms with Gasteiger partial charge in [0.25, 0.3) is 0 Å². The molecule has 0 radical (unpaired) electrons. The number of cyclic esters (lactones) is 1. The summed E-state index contributed by atoms with van der Waals surface area (Å²) in [6.45, 7) is 8.59. The normalized spacial score (nSPS) is 23.0. The molecule has 1 aliphatic rings. The van der Waals surface area contributed by atoms with Crippen LogP contribution in [0.1, 0.15) is 45.8 Å². The number of hydrogen-bond acceptors (Lipinski definition) is 3. The molecule has 0 aliphatic carbocycles. The first kappa shape index (κ1) is 15.2. The number of rotatable bonds is 4. The number of hydrogen-bond donors (Lipinski definition) is 0. The van der Waals surface area contributed by atoms with Crippen molar-refractivity contribution in [1.82, 2.24) is 4.90 Å². The number of amides is 1. The zero-order valence-corrected chi connectivity index (χ0v) is 13.4. The highest BCUT2D eigenvalue weighted by molar-refractivity contribution is 8.00. The van der Waals surface area contributed by atoms with Crippen LogP contribution in [-0.4, -0.2) is 27.7 Å². The molecule has 2 atom stereocenters. The lowest BCUT2D eigenvalue weighted by molar-refractivity contribution is 0.130. The number of carbonyl (C=O) groups excluding carboxylic acids is 1. The first-order chi connectivity index (χ1) is 9.42. The molecule has 2 rings (SSSR count). The van der Waals surface area contributed by atoms with Gasteiger partial charge in [-0.05, 0) is 12.0 Å². The lowest BCUT2D eigenvalue weighted by Crippen LogP contribution is -2.34. The average Bonchev–Trinajstić information content (AvgIpc) is 2.73. The minimum atomic E-state index is -0.192. The molecule has 1 aliphatic heterocycles. The van der Waals surface area contributed by atoms with E-state index in [-0.39, 0.29) is 23.0 Å². The minimum Gasteiger partial charge on any atom is -0.439 e. The second-order valence-corrected chi connectivity index (χ2v) is 7.82. The molecular weight excluding hydrogens is 270 g/mol. The highest BCUT2D eigenvalue weighted by Crippen LogP contribution is 2.36. The van der Waals surface area contributed by atoms with Crippen molar-refractivity contribution in [3.8, 4) is 0 Å². The molecule has 1 amide bonds. The molecule has 0 N–H and O–H groups in total. The second-order valence-electron chi connectivity index (χ2n) is 6.05.